The molecule has 0 spiro atoms. The lowest BCUT2D eigenvalue weighted by Gasteiger charge is -2.36. The van der Waals surface area contributed by atoms with Crippen molar-refractivity contribution in [3.63, 3.8) is 0 Å². The van der Waals surface area contributed by atoms with Crippen LogP contribution in [-0.4, -0.2) is 4.57 Å². The molecule has 2 atom stereocenters. The first-order chi connectivity index (χ1) is 18.6. The Kier molecular flexibility index (Phi) is 4.72. The van der Waals surface area contributed by atoms with Crippen molar-refractivity contribution in [2.75, 3.05) is 0 Å². The number of nitrogens with zero attached hydrogens (tertiary/aromatic N) is 1. The third kappa shape index (κ3) is 3.00. The van der Waals surface area contributed by atoms with Crippen molar-refractivity contribution in [1.82, 2.24) is 9.88 Å². The molecule has 2 heterocycles. The number of quaternary nitrogens is 1. The summed E-state index contributed by atoms with van der Waals surface area (Å²) in [6.45, 7) is 4.86. The Hall–Kier alpha value is -3.82. The molecule has 0 saturated heterocycles. The van der Waals surface area contributed by atoms with Gasteiger partial charge in [-0.1, -0.05) is 98.3 Å². The van der Waals surface area contributed by atoms with Crippen LogP contribution in [0.15, 0.2) is 108 Å². The molecular weight excluding hydrogens is 462 g/mol. The predicted molar refractivity (Wildman–Crippen MR) is 156 cm³/mol. The van der Waals surface area contributed by atoms with Gasteiger partial charge in [-0.15, -0.1) is 0 Å². The third-order valence-electron chi connectivity index (χ3n) is 9.43. The van der Waals surface area contributed by atoms with Crippen molar-refractivity contribution in [2.24, 2.45) is 0 Å². The summed E-state index contributed by atoms with van der Waals surface area (Å²) in [6, 6.07) is 25.1. The first-order valence-corrected chi connectivity index (χ1v) is 14.2. The van der Waals surface area contributed by atoms with Gasteiger partial charge in [-0.25, -0.2) is 0 Å². The smallest absolute Gasteiger partial charge is 0.195 e. The van der Waals surface area contributed by atoms with Gasteiger partial charge in [0.2, 0.25) is 0 Å². The lowest BCUT2D eigenvalue weighted by atomic mass is 9.78. The first kappa shape index (κ1) is 22.2. The Balaban J connectivity index is 1.46. The molecule has 0 saturated carbocycles. The normalized spacial score (nSPS) is 23.5. The molecule has 1 aromatic heterocycles. The number of benzene rings is 3. The molecule has 4 aromatic rings. The van der Waals surface area contributed by atoms with Crippen molar-refractivity contribution in [3.8, 4) is 0 Å². The number of fused-ring (bicyclic) bond motifs is 6. The Morgan fingerprint density at radius 1 is 0.842 bits per heavy atom. The topological polar surface area (TPSA) is 33.6 Å². The van der Waals surface area contributed by atoms with E-state index in [1.807, 2.05) is 0 Å². The molecular formula is C35H34N3+. The standard InChI is InChI=1S/C35H33N3/c1-35(2)26-16-8-6-15-25(26)31-27(35)21-20-24-23-14-7-11-19-30(23)38(33(24)31)34-32(22-12-4-3-5-13-22)36-28-17-9-10-18-29(28)37-34/h3-7,10-15,18-21,32,34,36-37H,8-9,16-17H2,1-2H3/p+1. The second kappa shape index (κ2) is 8.09. The van der Waals surface area contributed by atoms with Crippen LogP contribution in [0.2, 0.25) is 0 Å². The Morgan fingerprint density at radius 3 is 2.53 bits per heavy atom. The number of aromatic nitrogens is 1. The van der Waals surface area contributed by atoms with Crippen LogP contribution in [0, 0.1) is 0 Å². The molecule has 0 radical (unpaired) electrons. The molecule has 3 nitrogen and oxygen atoms in total. The van der Waals surface area contributed by atoms with E-state index in [4.69, 9.17) is 0 Å². The first-order valence-electron chi connectivity index (χ1n) is 14.2. The van der Waals surface area contributed by atoms with Crippen LogP contribution in [0.4, 0.5) is 0 Å². The zero-order valence-corrected chi connectivity index (χ0v) is 22.2. The van der Waals surface area contributed by atoms with Crippen LogP contribution in [-0.2, 0) is 5.41 Å². The van der Waals surface area contributed by atoms with E-state index in [1.165, 1.54) is 55.5 Å². The predicted octanol–water partition coefficient (Wildman–Crippen LogP) is 7.16. The molecule has 188 valence electrons. The van der Waals surface area contributed by atoms with E-state index < -0.39 is 0 Å². The zero-order chi connectivity index (χ0) is 25.4. The van der Waals surface area contributed by atoms with E-state index in [0.717, 1.165) is 25.7 Å². The lowest BCUT2D eigenvalue weighted by molar-refractivity contribution is -0.672. The average molecular weight is 497 g/mol. The molecule has 3 N–H and O–H groups in total. The van der Waals surface area contributed by atoms with Gasteiger partial charge in [-0.05, 0) is 54.5 Å². The molecule has 8 rings (SSSR count). The molecule has 3 aliphatic carbocycles. The highest BCUT2D eigenvalue weighted by Gasteiger charge is 2.42. The maximum atomic E-state index is 4.03. The summed E-state index contributed by atoms with van der Waals surface area (Å²) in [4.78, 5) is 0. The number of para-hydroxylation sites is 1. The summed E-state index contributed by atoms with van der Waals surface area (Å²) < 4.78 is 2.68. The quantitative estimate of drug-likeness (QED) is 0.303. The highest BCUT2D eigenvalue weighted by atomic mass is 15.3. The van der Waals surface area contributed by atoms with Gasteiger partial charge < -0.3 is 5.32 Å². The monoisotopic (exact) mass is 496 g/mol. The summed E-state index contributed by atoms with van der Waals surface area (Å²) in [5.41, 5.74) is 12.8. The Morgan fingerprint density at radius 2 is 1.63 bits per heavy atom. The van der Waals surface area contributed by atoms with Crippen LogP contribution in [0.3, 0.4) is 0 Å². The van der Waals surface area contributed by atoms with E-state index in [1.54, 1.807) is 5.57 Å². The van der Waals surface area contributed by atoms with E-state index in [2.05, 4.69) is 120 Å². The van der Waals surface area contributed by atoms with Gasteiger partial charge in [0.25, 0.3) is 0 Å². The van der Waals surface area contributed by atoms with Crippen molar-refractivity contribution in [1.29, 1.82) is 0 Å². The number of hydrogen-bond donors (Lipinski definition) is 2. The SMILES string of the molecule is CC1(C)C2=C(C=CCC2)c2c1ccc1c3ccccc3n(C3[NH2+]C4=C(CCC=C4)NC3c3ccccc3)c21. The van der Waals surface area contributed by atoms with Crippen LogP contribution in [0.25, 0.3) is 27.4 Å². The van der Waals surface area contributed by atoms with Gasteiger partial charge in [-0.3, -0.25) is 9.88 Å². The van der Waals surface area contributed by atoms with Crippen LogP contribution in [0.1, 0.15) is 68.4 Å². The van der Waals surface area contributed by atoms with Crippen LogP contribution >= 0.6 is 0 Å². The summed E-state index contributed by atoms with van der Waals surface area (Å²) in [6.07, 6.45) is 14.1. The highest BCUT2D eigenvalue weighted by Crippen LogP contribution is 2.53. The maximum Gasteiger partial charge on any atom is 0.195 e. The fourth-order valence-corrected chi connectivity index (χ4v) is 7.62. The minimum atomic E-state index is 0.0556. The van der Waals surface area contributed by atoms with Crippen LogP contribution in [0.5, 0.6) is 0 Å². The van der Waals surface area contributed by atoms with Gasteiger partial charge >= 0.3 is 0 Å². The largest absolute Gasteiger partial charge is 0.370 e. The lowest BCUT2D eigenvalue weighted by Crippen LogP contribution is -2.88. The molecule has 2 unspecified atom stereocenters. The minimum Gasteiger partial charge on any atom is -0.370 e. The van der Waals surface area contributed by atoms with Gasteiger partial charge in [-0.2, -0.15) is 0 Å². The molecule has 0 fully saturated rings. The number of allylic oxidation sites excluding steroid dienone is 7. The second-order valence-corrected chi connectivity index (χ2v) is 11.8. The number of nitrogens with two attached hydrogens (primary N) is 1. The summed E-state index contributed by atoms with van der Waals surface area (Å²) >= 11 is 0. The summed E-state index contributed by atoms with van der Waals surface area (Å²) in [5, 5.41) is 9.27. The number of nitrogens with one attached hydrogen (secondary N) is 1. The second-order valence-electron chi connectivity index (χ2n) is 11.8. The van der Waals surface area contributed by atoms with Crippen molar-refractivity contribution in [2.45, 2.75) is 57.2 Å². The Bertz CT molecular complexity index is 1740. The molecule has 3 heteroatoms. The van der Waals surface area contributed by atoms with Gasteiger partial charge in [0.15, 0.2) is 6.17 Å². The van der Waals surface area contributed by atoms with Gasteiger partial charge in [0.1, 0.15) is 11.7 Å². The molecule has 3 aromatic carbocycles. The molecule has 0 amide bonds. The van der Waals surface area contributed by atoms with E-state index >= 15 is 0 Å². The fourth-order valence-electron chi connectivity index (χ4n) is 7.62. The number of rotatable bonds is 2. The minimum absolute atomic E-state index is 0.0556. The number of hydrogen-bond acceptors (Lipinski definition) is 1. The van der Waals surface area contributed by atoms with E-state index in [9.17, 15) is 0 Å². The third-order valence-corrected chi connectivity index (χ3v) is 9.43. The van der Waals surface area contributed by atoms with Gasteiger partial charge in [0.05, 0.1) is 16.7 Å². The maximum absolute atomic E-state index is 4.03. The average Bonchev–Trinajstić information content (AvgIpc) is 3.42. The molecule has 1 aliphatic heterocycles. The molecule has 0 bridgehead atoms. The van der Waals surface area contributed by atoms with Crippen molar-refractivity contribution in [3.05, 3.63) is 125 Å². The zero-order valence-electron chi connectivity index (χ0n) is 22.2. The van der Waals surface area contributed by atoms with E-state index in [0.29, 0.717) is 0 Å². The van der Waals surface area contributed by atoms with Gasteiger partial charge in [0, 0.05) is 21.8 Å². The molecule has 4 aliphatic rings. The molecule has 38 heavy (non-hydrogen) atoms. The summed E-state index contributed by atoms with van der Waals surface area (Å²) in [5.74, 6) is 0. The van der Waals surface area contributed by atoms with Crippen molar-refractivity contribution < 1.29 is 5.32 Å². The highest BCUT2D eigenvalue weighted by molar-refractivity contribution is 6.13. The van der Waals surface area contributed by atoms with Crippen LogP contribution < -0.4 is 10.6 Å². The fraction of sp³-hybridized carbons (Fsp3) is 0.257. The Labute approximate surface area is 224 Å². The summed E-state index contributed by atoms with van der Waals surface area (Å²) in [7, 11) is 0. The van der Waals surface area contributed by atoms with E-state index in [-0.39, 0.29) is 17.6 Å². The van der Waals surface area contributed by atoms with Crippen molar-refractivity contribution >= 4 is 27.4 Å².